The average molecular weight is 388 g/mol. The topological polar surface area (TPSA) is 50.8 Å². The molecule has 1 amide bonds. The number of nitrogens with one attached hydrogen (secondary N) is 1. The molecule has 1 aliphatic rings. The summed E-state index contributed by atoms with van der Waals surface area (Å²) in [6.07, 6.45) is 0. The van der Waals surface area contributed by atoms with Crippen LogP contribution in [0.25, 0.3) is 0 Å². The van der Waals surface area contributed by atoms with Crippen molar-refractivity contribution in [1.82, 2.24) is 4.90 Å². The van der Waals surface area contributed by atoms with Crippen molar-refractivity contribution in [2.45, 2.75) is 12.6 Å². The van der Waals surface area contributed by atoms with Crippen LogP contribution in [-0.2, 0) is 11.3 Å². The summed E-state index contributed by atoms with van der Waals surface area (Å²) < 4.78 is 11.1. The van der Waals surface area contributed by atoms with Crippen LogP contribution >= 0.6 is 0 Å². The van der Waals surface area contributed by atoms with Crippen molar-refractivity contribution in [1.29, 1.82) is 0 Å². The minimum absolute atomic E-state index is 0.0688. The maximum absolute atomic E-state index is 13.4. The number of rotatable bonds is 5. The van der Waals surface area contributed by atoms with E-state index in [9.17, 15) is 4.79 Å². The molecular weight excluding hydrogens is 364 g/mol. The van der Waals surface area contributed by atoms with Gasteiger partial charge in [0.15, 0.2) is 0 Å². The van der Waals surface area contributed by atoms with Gasteiger partial charge in [0.1, 0.15) is 24.1 Å². The fraction of sp³-hybridized carbons (Fsp3) is 0.208. The molecule has 0 aromatic heterocycles. The first-order valence-electron chi connectivity index (χ1n) is 9.69. The molecule has 0 fully saturated rings. The lowest BCUT2D eigenvalue weighted by molar-refractivity contribution is -0.121. The van der Waals surface area contributed by atoms with E-state index in [1.807, 2.05) is 72.8 Å². The zero-order valence-electron chi connectivity index (χ0n) is 16.4. The molecule has 0 saturated carbocycles. The van der Waals surface area contributed by atoms with Crippen molar-refractivity contribution in [2.75, 3.05) is 25.6 Å². The van der Waals surface area contributed by atoms with Crippen LogP contribution in [0.2, 0.25) is 0 Å². The fourth-order valence-corrected chi connectivity index (χ4v) is 3.61. The number of amides is 1. The SMILES string of the molecule is COc1ccc(NC(=O)C(c2ccccc2)N2CCOc3ccccc3C2)cc1. The van der Waals surface area contributed by atoms with E-state index in [4.69, 9.17) is 9.47 Å². The van der Waals surface area contributed by atoms with Crippen LogP contribution in [0.1, 0.15) is 17.2 Å². The molecule has 0 aliphatic carbocycles. The zero-order chi connectivity index (χ0) is 20.1. The molecule has 3 aromatic carbocycles. The highest BCUT2D eigenvalue weighted by Crippen LogP contribution is 2.30. The standard InChI is InChI=1S/C24H24N2O3/c1-28-21-13-11-20(12-14-21)25-24(27)23(18-7-3-2-4-8-18)26-15-16-29-22-10-6-5-9-19(22)17-26/h2-14,23H,15-17H2,1H3,(H,25,27). The van der Waals surface area contributed by atoms with E-state index in [1.165, 1.54) is 0 Å². The van der Waals surface area contributed by atoms with Crippen molar-refractivity contribution in [2.24, 2.45) is 0 Å². The van der Waals surface area contributed by atoms with Crippen molar-refractivity contribution in [3.63, 3.8) is 0 Å². The third-order valence-electron chi connectivity index (χ3n) is 5.07. The van der Waals surface area contributed by atoms with E-state index in [0.717, 1.165) is 28.3 Å². The van der Waals surface area contributed by atoms with E-state index < -0.39 is 6.04 Å². The van der Waals surface area contributed by atoms with Gasteiger partial charge in [-0.05, 0) is 35.9 Å². The number of carbonyl (C=O) groups excluding carboxylic acids is 1. The highest BCUT2D eigenvalue weighted by molar-refractivity contribution is 5.95. The molecule has 1 unspecified atom stereocenters. The monoisotopic (exact) mass is 388 g/mol. The molecule has 3 aromatic rings. The van der Waals surface area contributed by atoms with Gasteiger partial charge in [-0.3, -0.25) is 9.69 Å². The molecule has 5 heteroatoms. The van der Waals surface area contributed by atoms with E-state index >= 15 is 0 Å². The Morgan fingerprint density at radius 2 is 1.72 bits per heavy atom. The predicted octanol–water partition coefficient (Wildman–Crippen LogP) is 4.27. The molecule has 5 nitrogen and oxygen atoms in total. The second kappa shape index (κ2) is 8.80. The Bertz CT molecular complexity index is 957. The van der Waals surface area contributed by atoms with Crippen LogP contribution in [0.4, 0.5) is 5.69 Å². The molecule has 0 radical (unpaired) electrons. The molecule has 4 rings (SSSR count). The molecule has 1 atom stereocenters. The van der Waals surface area contributed by atoms with Crippen LogP contribution < -0.4 is 14.8 Å². The molecule has 0 bridgehead atoms. The molecular formula is C24H24N2O3. The lowest BCUT2D eigenvalue weighted by Crippen LogP contribution is -2.38. The minimum atomic E-state index is -0.423. The van der Waals surface area contributed by atoms with Gasteiger partial charge in [-0.2, -0.15) is 0 Å². The van der Waals surface area contributed by atoms with Crippen LogP contribution in [0.3, 0.4) is 0 Å². The summed E-state index contributed by atoms with van der Waals surface area (Å²) >= 11 is 0. The Kier molecular flexibility index (Phi) is 5.77. The Labute approximate surface area is 170 Å². The summed E-state index contributed by atoms with van der Waals surface area (Å²) in [7, 11) is 1.62. The van der Waals surface area contributed by atoms with Gasteiger partial charge >= 0.3 is 0 Å². The highest BCUT2D eigenvalue weighted by atomic mass is 16.5. The normalized spacial score (nSPS) is 14.8. The van der Waals surface area contributed by atoms with Gasteiger partial charge in [-0.1, -0.05) is 48.5 Å². The number of carbonyl (C=O) groups is 1. The average Bonchev–Trinajstić information content (AvgIpc) is 2.97. The maximum atomic E-state index is 13.4. The lowest BCUT2D eigenvalue weighted by atomic mass is 10.0. The second-order valence-corrected chi connectivity index (χ2v) is 6.96. The summed E-state index contributed by atoms with van der Waals surface area (Å²) in [4.78, 5) is 15.5. The Morgan fingerprint density at radius 1 is 1.00 bits per heavy atom. The summed E-state index contributed by atoms with van der Waals surface area (Å²) in [5.74, 6) is 1.57. The van der Waals surface area contributed by atoms with Crippen LogP contribution in [0.5, 0.6) is 11.5 Å². The van der Waals surface area contributed by atoms with E-state index in [0.29, 0.717) is 19.7 Å². The van der Waals surface area contributed by atoms with Gasteiger partial charge in [0, 0.05) is 24.3 Å². The van der Waals surface area contributed by atoms with E-state index in [2.05, 4.69) is 16.3 Å². The fourth-order valence-electron chi connectivity index (χ4n) is 3.61. The van der Waals surface area contributed by atoms with E-state index in [-0.39, 0.29) is 5.91 Å². The zero-order valence-corrected chi connectivity index (χ0v) is 16.4. The number of ether oxygens (including phenoxy) is 2. The number of hydrogen-bond acceptors (Lipinski definition) is 4. The summed E-state index contributed by atoms with van der Waals surface area (Å²) in [5.41, 5.74) is 2.78. The van der Waals surface area contributed by atoms with E-state index in [1.54, 1.807) is 7.11 Å². The van der Waals surface area contributed by atoms with Crippen molar-refractivity contribution >= 4 is 11.6 Å². The van der Waals surface area contributed by atoms with Crippen molar-refractivity contribution in [3.05, 3.63) is 90.0 Å². The molecule has 0 saturated heterocycles. The third-order valence-corrected chi connectivity index (χ3v) is 5.07. The molecule has 1 N–H and O–H groups in total. The molecule has 0 spiro atoms. The summed E-state index contributed by atoms with van der Waals surface area (Å²) in [5, 5.41) is 3.06. The maximum Gasteiger partial charge on any atom is 0.246 e. The number of hydrogen-bond donors (Lipinski definition) is 1. The Hall–Kier alpha value is -3.31. The van der Waals surface area contributed by atoms with Crippen LogP contribution in [0, 0.1) is 0 Å². The Morgan fingerprint density at radius 3 is 2.48 bits per heavy atom. The van der Waals surface area contributed by atoms with Gasteiger partial charge < -0.3 is 14.8 Å². The first-order chi connectivity index (χ1) is 14.2. The quantitative estimate of drug-likeness (QED) is 0.709. The van der Waals surface area contributed by atoms with Crippen molar-refractivity contribution in [3.8, 4) is 11.5 Å². The van der Waals surface area contributed by atoms with Crippen LogP contribution in [-0.4, -0.2) is 31.1 Å². The number of benzene rings is 3. The number of anilines is 1. The highest BCUT2D eigenvalue weighted by Gasteiger charge is 2.30. The van der Waals surface area contributed by atoms with Gasteiger partial charge in [0.05, 0.1) is 7.11 Å². The first kappa shape index (κ1) is 19.0. The number of nitrogens with zero attached hydrogens (tertiary/aromatic N) is 1. The van der Waals surface area contributed by atoms with Crippen molar-refractivity contribution < 1.29 is 14.3 Å². The smallest absolute Gasteiger partial charge is 0.246 e. The molecule has 148 valence electrons. The summed E-state index contributed by atoms with van der Waals surface area (Å²) in [6, 6.07) is 24.8. The second-order valence-electron chi connectivity index (χ2n) is 6.96. The minimum Gasteiger partial charge on any atom is -0.497 e. The van der Waals surface area contributed by atoms with Crippen LogP contribution in [0.15, 0.2) is 78.9 Å². The van der Waals surface area contributed by atoms with Gasteiger partial charge in [-0.15, -0.1) is 0 Å². The van der Waals surface area contributed by atoms with Gasteiger partial charge in [-0.25, -0.2) is 0 Å². The predicted molar refractivity (Wildman–Crippen MR) is 113 cm³/mol. The van der Waals surface area contributed by atoms with Gasteiger partial charge in [0.25, 0.3) is 0 Å². The first-order valence-corrected chi connectivity index (χ1v) is 9.69. The number of fused-ring (bicyclic) bond motifs is 1. The molecule has 1 heterocycles. The summed E-state index contributed by atoms with van der Waals surface area (Å²) in [6.45, 7) is 1.84. The third kappa shape index (κ3) is 4.41. The largest absolute Gasteiger partial charge is 0.497 e. The van der Waals surface area contributed by atoms with Gasteiger partial charge in [0.2, 0.25) is 5.91 Å². The Balaban J connectivity index is 1.62. The molecule has 29 heavy (non-hydrogen) atoms. The number of methoxy groups -OCH3 is 1. The number of para-hydroxylation sites is 1. The lowest BCUT2D eigenvalue weighted by Gasteiger charge is -2.29. The molecule has 1 aliphatic heterocycles.